The van der Waals surface area contributed by atoms with E-state index in [0.29, 0.717) is 12.5 Å². The van der Waals surface area contributed by atoms with Crippen LogP contribution in [-0.4, -0.2) is 37.0 Å². The molecule has 0 aliphatic rings. The lowest BCUT2D eigenvalue weighted by atomic mass is 10.1. The summed E-state index contributed by atoms with van der Waals surface area (Å²) in [6, 6.07) is 1.70. The number of hydrogen-bond acceptors (Lipinski definition) is 4. The third kappa shape index (κ3) is 3.90. The molecule has 0 aromatic carbocycles. The van der Waals surface area contributed by atoms with E-state index in [1.165, 1.54) is 6.33 Å². The molecule has 0 bridgehead atoms. The minimum absolute atomic E-state index is 0.0549. The quantitative estimate of drug-likeness (QED) is 0.864. The van der Waals surface area contributed by atoms with E-state index in [1.54, 1.807) is 17.9 Å². The number of aryl methyl sites for hydroxylation is 2. The van der Waals surface area contributed by atoms with Crippen molar-refractivity contribution in [2.45, 2.75) is 40.3 Å². The first-order valence-corrected chi connectivity index (χ1v) is 7.10. The fraction of sp³-hybridized carbons (Fsp3) is 0.571. The number of hydrogen-bond donors (Lipinski definition) is 1. The van der Waals surface area contributed by atoms with Crippen molar-refractivity contribution in [1.82, 2.24) is 29.9 Å². The van der Waals surface area contributed by atoms with Gasteiger partial charge in [-0.05, 0) is 32.8 Å². The molecule has 0 saturated carbocycles. The van der Waals surface area contributed by atoms with Crippen LogP contribution in [0.25, 0.3) is 0 Å². The van der Waals surface area contributed by atoms with Crippen molar-refractivity contribution in [2.75, 3.05) is 6.54 Å². The number of aromatic nitrogens is 5. The minimum atomic E-state index is -0.353. The van der Waals surface area contributed by atoms with Crippen molar-refractivity contribution in [1.29, 1.82) is 0 Å². The van der Waals surface area contributed by atoms with E-state index in [-0.39, 0.29) is 11.9 Å². The molecular formula is C14H22N6O. The lowest BCUT2D eigenvalue weighted by molar-refractivity contribution is -0.124. The number of carbonyl (C=O) groups is 1. The molecule has 0 radical (unpaired) electrons. The first-order valence-electron chi connectivity index (χ1n) is 7.10. The van der Waals surface area contributed by atoms with E-state index >= 15 is 0 Å². The Hall–Kier alpha value is -2.18. The summed E-state index contributed by atoms with van der Waals surface area (Å²) >= 11 is 0. The van der Waals surface area contributed by atoms with Crippen LogP contribution in [0.15, 0.2) is 18.7 Å². The Morgan fingerprint density at radius 1 is 1.38 bits per heavy atom. The Balaban J connectivity index is 1.82. The highest BCUT2D eigenvalue weighted by molar-refractivity contribution is 5.79. The van der Waals surface area contributed by atoms with Gasteiger partial charge in [-0.3, -0.25) is 9.48 Å². The van der Waals surface area contributed by atoms with Crippen molar-refractivity contribution in [2.24, 2.45) is 5.92 Å². The zero-order chi connectivity index (χ0) is 15.4. The van der Waals surface area contributed by atoms with Crippen LogP contribution in [0, 0.1) is 19.8 Å². The van der Waals surface area contributed by atoms with Crippen molar-refractivity contribution >= 4 is 5.91 Å². The molecule has 2 aromatic heterocycles. The van der Waals surface area contributed by atoms with E-state index in [4.69, 9.17) is 0 Å². The lowest BCUT2D eigenvalue weighted by Gasteiger charge is -2.16. The molecule has 0 saturated heterocycles. The number of amides is 1. The summed E-state index contributed by atoms with van der Waals surface area (Å²) in [5.74, 6) is 0.246. The monoisotopic (exact) mass is 290 g/mol. The standard InChI is InChI=1S/C14H22N6O/c1-10(7-19-12(3)5-11(2)18-19)6-16-14(21)13(4)20-9-15-8-17-20/h5,8-10,13H,6-7H2,1-4H3,(H,16,21). The van der Waals surface area contributed by atoms with Gasteiger partial charge in [-0.15, -0.1) is 0 Å². The van der Waals surface area contributed by atoms with Crippen molar-refractivity contribution < 1.29 is 4.79 Å². The Bertz CT molecular complexity index is 589. The highest BCUT2D eigenvalue weighted by Crippen LogP contribution is 2.07. The van der Waals surface area contributed by atoms with Crippen LogP contribution in [0.5, 0.6) is 0 Å². The maximum Gasteiger partial charge on any atom is 0.244 e. The lowest BCUT2D eigenvalue weighted by Crippen LogP contribution is -2.35. The van der Waals surface area contributed by atoms with Crippen molar-refractivity contribution in [3.8, 4) is 0 Å². The SMILES string of the molecule is Cc1cc(C)n(CC(C)CNC(=O)C(C)n2cncn2)n1. The molecule has 2 rings (SSSR count). The molecular weight excluding hydrogens is 268 g/mol. The summed E-state index contributed by atoms with van der Waals surface area (Å²) in [4.78, 5) is 15.9. The van der Waals surface area contributed by atoms with E-state index in [0.717, 1.165) is 17.9 Å². The first kappa shape index (κ1) is 15.2. The number of nitrogens with one attached hydrogen (secondary N) is 1. The Morgan fingerprint density at radius 2 is 2.14 bits per heavy atom. The zero-order valence-electron chi connectivity index (χ0n) is 12.9. The van der Waals surface area contributed by atoms with E-state index in [9.17, 15) is 4.79 Å². The van der Waals surface area contributed by atoms with Gasteiger partial charge in [-0.2, -0.15) is 10.2 Å². The van der Waals surface area contributed by atoms with Gasteiger partial charge >= 0.3 is 0 Å². The van der Waals surface area contributed by atoms with E-state index in [2.05, 4.69) is 33.5 Å². The van der Waals surface area contributed by atoms with E-state index in [1.807, 2.05) is 18.5 Å². The molecule has 0 aliphatic carbocycles. The van der Waals surface area contributed by atoms with Gasteiger partial charge in [0, 0.05) is 18.8 Å². The second-order valence-electron chi connectivity index (χ2n) is 5.51. The smallest absolute Gasteiger partial charge is 0.244 e. The van der Waals surface area contributed by atoms with Crippen LogP contribution >= 0.6 is 0 Å². The molecule has 2 aromatic rings. The number of nitrogens with zero attached hydrogens (tertiary/aromatic N) is 5. The van der Waals surface area contributed by atoms with E-state index < -0.39 is 0 Å². The second kappa shape index (κ2) is 6.51. The second-order valence-corrected chi connectivity index (χ2v) is 5.51. The van der Waals surface area contributed by atoms with Gasteiger partial charge < -0.3 is 5.32 Å². The largest absolute Gasteiger partial charge is 0.354 e. The molecule has 0 aliphatic heterocycles. The molecule has 7 heteroatoms. The molecule has 1 amide bonds. The molecule has 2 unspecified atom stereocenters. The molecule has 0 spiro atoms. The van der Waals surface area contributed by atoms with Gasteiger partial charge in [0.2, 0.25) is 5.91 Å². The summed E-state index contributed by atoms with van der Waals surface area (Å²) in [5, 5.41) is 11.4. The zero-order valence-corrected chi connectivity index (χ0v) is 12.9. The fourth-order valence-electron chi connectivity index (χ4n) is 2.18. The Morgan fingerprint density at radius 3 is 2.71 bits per heavy atom. The van der Waals surface area contributed by atoms with Gasteiger partial charge in [0.05, 0.1) is 5.69 Å². The summed E-state index contributed by atoms with van der Waals surface area (Å²) < 4.78 is 3.52. The highest BCUT2D eigenvalue weighted by atomic mass is 16.2. The topological polar surface area (TPSA) is 77.6 Å². The van der Waals surface area contributed by atoms with Crippen LogP contribution in [0.3, 0.4) is 0 Å². The van der Waals surface area contributed by atoms with Crippen LogP contribution < -0.4 is 5.32 Å². The average molecular weight is 290 g/mol. The fourth-order valence-corrected chi connectivity index (χ4v) is 2.18. The van der Waals surface area contributed by atoms with Gasteiger partial charge in [0.25, 0.3) is 0 Å². The number of rotatable bonds is 6. The van der Waals surface area contributed by atoms with Crippen molar-refractivity contribution in [3.63, 3.8) is 0 Å². The third-order valence-corrected chi connectivity index (χ3v) is 3.43. The molecule has 2 atom stereocenters. The first-order chi connectivity index (χ1) is 9.97. The van der Waals surface area contributed by atoms with Crippen molar-refractivity contribution in [3.05, 3.63) is 30.1 Å². The molecule has 21 heavy (non-hydrogen) atoms. The molecule has 0 fully saturated rings. The van der Waals surface area contributed by atoms with Gasteiger partial charge in [0.15, 0.2) is 0 Å². The van der Waals surface area contributed by atoms with Crippen LogP contribution in [0.1, 0.15) is 31.3 Å². The highest BCUT2D eigenvalue weighted by Gasteiger charge is 2.16. The summed E-state index contributed by atoms with van der Waals surface area (Å²) in [5.41, 5.74) is 2.16. The van der Waals surface area contributed by atoms with Crippen LogP contribution in [0.4, 0.5) is 0 Å². The number of carbonyl (C=O) groups excluding carboxylic acids is 1. The van der Waals surface area contributed by atoms with Gasteiger partial charge in [-0.25, -0.2) is 9.67 Å². The average Bonchev–Trinajstić information content (AvgIpc) is 3.06. The Kier molecular flexibility index (Phi) is 4.72. The summed E-state index contributed by atoms with van der Waals surface area (Å²) in [7, 11) is 0. The van der Waals surface area contributed by atoms with Crippen LogP contribution in [0.2, 0.25) is 0 Å². The predicted molar refractivity (Wildman–Crippen MR) is 78.6 cm³/mol. The Labute approximate surface area is 124 Å². The van der Waals surface area contributed by atoms with Gasteiger partial charge in [0.1, 0.15) is 18.7 Å². The molecule has 2 heterocycles. The summed E-state index contributed by atoms with van der Waals surface area (Å²) in [6.45, 7) is 9.31. The minimum Gasteiger partial charge on any atom is -0.354 e. The maximum absolute atomic E-state index is 12.0. The normalized spacial score (nSPS) is 13.9. The predicted octanol–water partition coefficient (Wildman–Crippen LogP) is 1.10. The molecule has 7 nitrogen and oxygen atoms in total. The molecule has 1 N–H and O–H groups in total. The molecule has 114 valence electrons. The summed E-state index contributed by atoms with van der Waals surface area (Å²) in [6.07, 6.45) is 2.97. The van der Waals surface area contributed by atoms with Gasteiger partial charge in [-0.1, -0.05) is 6.92 Å². The third-order valence-electron chi connectivity index (χ3n) is 3.43. The van der Waals surface area contributed by atoms with Crippen LogP contribution in [-0.2, 0) is 11.3 Å². The maximum atomic E-state index is 12.0.